The summed E-state index contributed by atoms with van der Waals surface area (Å²) in [5, 5.41) is 9.56. The second-order valence-electron chi connectivity index (χ2n) is 9.57. The lowest BCUT2D eigenvalue weighted by molar-refractivity contribution is -0.151. The van der Waals surface area contributed by atoms with Gasteiger partial charge < -0.3 is 30.8 Å². The minimum Gasteiger partial charge on any atom is -0.477 e. The normalized spacial score (nSPS) is 19.1. The number of aromatic carboxylic acids is 1. The summed E-state index contributed by atoms with van der Waals surface area (Å²) in [4.78, 5) is 38.6. The summed E-state index contributed by atoms with van der Waals surface area (Å²) in [6.07, 6.45) is 5.58. The summed E-state index contributed by atoms with van der Waals surface area (Å²) in [6.45, 7) is 3.50. The van der Waals surface area contributed by atoms with E-state index in [1.165, 1.54) is 12.3 Å². The number of pyridine rings is 1. The first-order valence-electron chi connectivity index (χ1n) is 12.3. The van der Waals surface area contributed by atoms with Gasteiger partial charge in [0, 0.05) is 49.1 Å². The molecule has 1 aromatic heterocycles. The smallest absolute Gasteiger partial charge is 0.341 e. The van der Waals surface area contributed by atoms with Crippen LogP contribution in [0.2, 0.25) is 0 Å². The molecule has 2 aliphatic rings. The van der Waals surface area contributed by atoms with Crippen LogP contribution < -0.4 is 21.8 Å². The molecule has 1 saturated heterocycles. The maximum absolute atomic E-state index is 15.4. The number of aryl methyl sites for hydroxylation is 1. The fourth-order valence-electron chi connectivity index (χ4n) is 5.20. The molecule has 1 fully saturated rings. The molecular formula is C25H33FN4O5. The molecule has 0 amide bonds. The lowest BCUT2D eigenvalue weighted by atomic mass is 9.93. The molecule has 0 radical (unpaired) electrons. The van der Waals surface area contributed by atoms with Gasteiger partial charge in [-0.05, 0) is 45.2 Å². The van der Waals surface area contributed by atoms with Crippen molar-refractivity contribution in [2.24, 2.45) is 11.5 Å². The SMILES string of the molecule is CC1CCc2c(N3CCC(OC(=O)[C@@H](N)CCCCN)CC3)c(F)cc3c(=O)c(C(=O)O)cn1c23. The molecule has 9 nitrogen and oxygen atoms in total. The zero-order valence-electron chi connectivity index (χ0n) is 20.0. The molecule has 35 heavy (non-hydrogen) atoms. The van der Waals surface area contributed by atoms with Crippen molar-refractivity contribution >= 4 is 28.5 Å². The first-order valence-corrected chi connectivity index (χ1v) is 12.3. The lowest BCUT2D eigenvalue weighted by Crippen LogP contribution is -2.42. The van der Waals surface area contributed by atoms with Crippen LogP contribution in [0.15, 0.2) is 17.1 Å². The lowest BCUT2D eigenvalue weighted by Gasteiger charge is -2.37. The number of anilines is 1. The molecule has 2 aliphatic heterocycles. The third kappa shape index (κ3) is 4.90. The Morgan fingerprint density at radius 3 is 2.63 bits per heavy atom. The van der Waals surface area contributed by atoms with Crippen molar-refractivity contribution < 1.29 is 23.8 Å². The van der Waals surface area contributed by atoms with Crippen molar-refractivity contribution in [1.29, 1.82) is 0 Å². The van der Waals surface area contributed by atoms with Gasteiger partial charge in [0.05, 0.1) is 11.2 Å². The number of aromatic nitrogens is 1. The zero-order chi connectivity index (χ0) is 25.3. The second kappa shape index (κ2) is 10.3. The second-order valence-corrected chi connectivity index (χ2v) is 9.57. The van der Waals surface area contributed by atoms with Crippen molar-refractivity contribution in [2.45, 2.75) is 70.1 Å². The van der Waals surface area contributed by atoms with Gasteiger partial charge >= 0.3 is 11.9 Å². The van der Waals surface area contributed by atoms with Gasteiger partial charge in [-0.2, -0.15) is 0 Å². The fraction of sp³-hybridized carbons (Fsp3) is 0.560. The molecular weight excluding hydrogens is 455 g/mol. The minimum absolute atomic E-state index is 0.0128. The number of benzene rings is 1. The molecule has 2 aromatic rings. The predicted octanol–water partition coefficient (Wildman–Crippen LogP) is 2.31. The third-order valence-corrected chi connectivity index (χ3v) is 7.17. The highest BCUT2D eigenvalue weighted by molar-refractivity contribution is 5.95. The number of hydrogen-bond donors (Lipinski definition) is 3. The van der Waals surface area contributed by atoms with E-state index < -0.39 is 29.2 Å². The average Bonchev–Trinajstić information content (AvgIpc) is 2.83. The minimum atomic E-state index is -1.32. The summed E-state index contributed by atoms with van der Waals surface area (Å²) >= 11 is 0. The quantitative estimate of drug-likeness (QED) is 0.380. The third-order valence-electron chi connectivity index (χ3n) is 7.17. The van der Waals surface area contributed by atoms with Crippen LogP contribution in [0.4, 0.5) is 10.1 Å². The van der Waals surface area contributed by atoms with Gasteiger partial charge in [-0.1, -0.05) is 6.42 Å². The molecule has 4 rings (SSSR count). The molecule has 1 unspecified atom stereocenters. The van der Waals surface area contributed by atoms with Crippen molar-refractivity contribution in [3.63, 3.8) is 0 Å². The van der Waals surface area contributed by atoms with E-state index in [-0.39, 0.29) is 23.1 Å². The Balaban J connectivity index is 1.56. The summed E-state index contributed by atoms with van der Waals surface area (Å²) in [6, 6.07) is 0.488. The molecule has 2 atom stereocenters. The van der Waals surface area contributed by atoms with Gasteiger partial charge in [0.15, 0.2) is 0 Å². The largest absolute Gasteiger partial charge is 0.477 e. The summed E-state index contributed by atoms with van der Waals surface area (Å²) < 4.78 is 22.8. The van der Waals surface area contributed by atoms with Crippen molar-refractivity contribution in [2.75, 3.05) is 24.5 Å². The Hall–Kier alpha value is -2.98. The molecule has 190 valence electrons. The Morgan fingerprint density at radius 1 is 1.26 bits per heavy atom. The van der Waals surface area contributed by atoms with Crippen molar-refractivity contribution in [1.82, 2.24) is 4.57 Å². The van der Waals surface area contributed by atoms with Crippen LogP contribution in [0.5, 0.6) is 0 Å². The van der Waals surface area contributed by atoms with Crippen LogP contribution >= 0.6 is 0 Å². The van der Waals surface area contributed by atoms with E-state index >= 15 is 4.39 Å². The van der Waals surface area contributed by atoms with Gasteiger partial charge in [0.2, 0.25) is 5.43 Å². The zero-order valence-corrected chi connectivity index (χ0v) is 20.0. The molecule has 0 saturated carbocycles. The number of piperidine rings is 1. The van der Waals surface area contributed by atoms with Crippen LogP contribution in [0.25, 0.3) is 10.9 Å². The van der Waals surface area contributed by atoms with E-state index in [1.807, 2.05) is 11.8 Å². The number of carboxylic acids is 1. The predicted molar refractivity (Wildman–Crippen MR) is 130 cm³/mol. The molecule has 0 spiro atoms. The maximum Gasteiger partial charge on any atom is 0.341 e. The van der Waals surface area contributed by atoms with Gasteiger partial charge in [-0.25, -0.2) is 9.18 Å². The molecule has 1 aromatic carbocycles. The molecule has 5 N–H and O–H groups in total. The number of halogens is 1. The first-order chi connectivity index (χ1) is 16.7. The maximum atomic E-state index is 15.4. The van der Waals surface area contributed by atoms with Gasteiger partial charge in [-0.15, -0.1) is 0 Å². The summed E-state index contributed by atoms with van der Waals surface area (Å²) in [5.41, 5.74) is 12.2. The number of carbonyl (C=O) groups excluding carboxylic acids is 1. The van der Waals surface area contributed by atoms with Gasteiger partial charge in [0.25, 0.3) is 0 Å². The highest BCUT2D eigenvalue weighted by Gasteiger charge is 2.31. The number of rotatable bonds is 8. The number of carbonyl (C=O) groups is 2. The Labute approximate surface area is 202 Å². The number of ether oxygens (including phenoxy) is 1. The van der Waals surface area contributed by atoms with Crippen LogP contribution in [0.3, 0.4) is 0 Å². The molecule has 0 bridgehead atoms. The van der Waals surface area contributed by atoms with E-state index in [9.17, 15) is 19.5 Å². The average molecular weight is 489 g/mol. The van der Waals surface area contributed by atoms with E-state index in [0.29, 0.717) is 62.9 Å². The Kier molecular flexibility index (Phi) is 7.42. The number of nitrogens with two attached hydrogens (primary N) is 2. The fourth-order valence-corrected chi connectivity index (χ4v) is 5.20. The van der Waals surface area contributed by atoms with Crippen molar-refractivity contribution in [3.05, 3.63) is 39.4 Å². The van der Waals surface area contributed by atoms with Crippen LogP contribution in [-0.4, -0.2) is 53.4 Å². The highest BCUT2D eigenvalue weighted by atomic mass is 19.1. The monoisotopic (exact) mass is 488 g/mol. The molecule has 10 heteroatoms. The molecule has 0 aliphatic carbocycles. The Bertz CT molecular complexity index is 1190. The summed E-state index contributed by atoms with van der Waals surface area (Å²) in [7, 11) is 0. The first kappa shape index (κ1) is 25.1. The highest BCUT2D eigenvalue weighted by Crippen LogP contribution is 2.39. The van der Waals surface area contributed by atoms with Crippen LogP contribution in [0, 0.1) is 5.82 Å². The van der Waals surface area contributed by atoms with E-state index in [1.54, 1.807) is 4.57 Å². The van der Waals surface area contributed by atoms with Crippen LogP contribution in [-0.2, 0) is 16.0 Å². The standard InChI is InChI=1S/C25H33FN4O5/c1-14-5-6-16-21-17(23(31)18(24(32)33)13-30(14)21)12-19(26)22(16)29-10-7-15(8-11-29)35-25(34)20(28)4-2-3-9-27/h12-15,20H,2-11,27-28H2,1H3,(H,32,33)/t14?,20-/m0/s1. The Morgan fingerprint density at radius 2 is 1.97 bits per heavy atom. The van der Waals surface area contributed by atoms with E-state index in [4.69, 9.17) is 16.2 Å². The molecule has 3 heterocycles. The number of hydrogen-bond acceptors (Lipinski definition) is 7. The number of carboxylic acid groups (broad SMARTS) is 1. The van der Waals surface area contributed by atoms with Crippen molar-refractivity contribution in [3.8, 4) is 0 Å². The summed E-state index contributed by atoms with van der Waals surface area (Å²) in [5.74, 6) is -2.27. The van der Waals surface area contributed by atoms with Crippen LogP contribution in [0.1, 0.15) is 67.4 Å². The van der Waals surface area contributed by atoms with E-state index in [2.05, 4.69) is 0 Å². The van der Waals surface area contributed by atoms with Gasteiger partial charge in [-0.3, -0.25) is 9.59 Å². The number of nitrogens with zero attached hydrogens (tertiary/aromatic N) is 2. The van der Waals surface area contributed by atoms with E-state index in [0.717, 1.165) is 18.4 Å². The number of unbranched alkanes of at least 4 members (excludes halogenated alkanes) is 1. The van der Waals surface area contributed by atoms with Gasteiger partial charge in [0.1, 0.15) is 23.5 Å². The topological polar surface area (TPSA) is 141 Å². The number of esters is 1.